The summed E-state index contributed by atoms with van der Waals surface area (Å²) >= 11 is 6.02. The molecule has 82 valence electrons. The number of nitrogens with zero attached hydrogens (tertiary/aromatic N) is 6. The van der Waals surface area contributed by atoms with Crippen LogP contribution in [0.5, 0.6) is 0 Å². The van der Waals surface area contributed by atoms with Gasteiger partial charge in [0.1, 0.15) is 11.8 Å². The molecular weight excluding hydrogens is 232 g/mol. The lowest BCUT2D eigenvalue weighted by Gasteiger charge is -1.99. The van der Waals surface area contributed by atoms with E-state index >= 15 is 0 Å². The second-order valence-electron chi connectivity index (χ2n) is 3.45. The molecule has 3 aromatic heterocycles. The molecule has 3 aromatic rings. The van der Waals surface area contributed by atoms with Gasteiger partial charge in [-0.25, -0.2) is 4.79 Å². The summed E-state index contributed by atoms with van der Waals surface area (Å²) in [4.78, 5) is 19.8. The molecule has 16 heavy (non-hydrogen) atoms. The molecule has 0 fully saturated rings. The summed E-state index contributed by atoms with van der Waals surface area (Å²) in [5.74, 6) is 0.374. The minimum absolute atomic E-state index is 0.179. The minimum Gasteiger partial charge on any atom is -0.291 e. The third kappa shape index (κ3) is 0.929. The van der Waals surface area contributed by atoms with Crippen molar-refractivity contribution >= 4 is 28.5 Å². The molecule has 0 aromatic carbocycles. The molecule has 0 saturated heterocycles. The van der Waals surface area contributed by atoms with E-state index in [0.717, 1.165) is 0 Å². The van der Waals surface area contributed by atoms with Crippen molar-refractivity contribution in [2.24, 2.45) is 14.1 Å². The van der Waals surface area contributed by atoms with Gasteiger partial charge in [0.2, 0.25) is 0 Å². The number of fused-ring (bicyclic) bond motifs is 3. The van der Waals surface area contributed by atoms with Crippen molar-refractivity contribution < 1.29 is 0 Å². The molecule has 0 unspecified atom stereocenters. The average Bonchev–Trinajstić information content (AvgIpc) is 2.78. The van der Waals surface area contributed by atoms with Crippen LogP contribution in [-0.2, 0) is 14.1 Å². The molecule has 0 saturated carbocycles. The van der Waals surface area contributed by atoms with Crippen molar-refractivity contribution in [3.63, 3.8) is 0 Å². The van der Waals surface area contributed by atoms with Gasteiger partial charge in [0.25, 0.3) is 5.78 Å². The third-order valence-corrected chi connectivity index (χ3v) is 2.83. The Morgan fingerprint density at radius 1 is 1.31 bits per heavy atom. The number of aryl methyl sites for hydroxylation is 2. The Kier molecular flexibility index (Phi) is 1.65. The summed E-state index contributed by atoms with van der Waals surface area (Å²) in [7, 11) is 3.29. The Morgan fingerprint density at radius 3 is 2.81 bits per heavy atom. The highest BCUT2D eigenvalue weighted by molar-refractivity contribution is 6.33. The largest absolute Gasteiger partial charge is 0.329 e. The van der Waals surface area contributed by atoms with Gasteiger partial charge in [-0.15, -0.1) is 0 Å². The summed E-state index contributed by atoms with van der Waals surface area (Å²) in [6.45, 7) is 0. The van der Waals surface area contributed by atoms with Gasteiger partial charge >= 0.3 is 5.69 Å². The van der Waals surface area contributed by atoms with Crippen LogP contribution in [0.25, 0.3) is 16.9 Å². The van der Waals surface area contributed by atoms with Gasteiger partial charge in [0, 0.05) is 14.1 Å². The molecule has 0 aliphatic heterocycles. The standard InChI is InChI=1S/C8H7ClN6O/c1-13-4-5(9)12-7-10-3-11-15(7)6(4)14(2)8(13)16/h3H,1-2H3. The van der Waals surface area contributed by atoms with Crippen molar-refractivity contribution in [2.45, 2.75) is 0 Å². The molecule has 0 aliphatic rings. The summed E-state index contributed by atoms with van der Waals surface area (Å²) < 4.78 is 4.39. The van der Waals surface area contributed by atoms with Crippen LogP contribution in [0.3, 0.4) is 0 Å². The van der Waals surface area contributed by atoms with Gasteiger partial charge in [-0.05, 0) is 0 Å². The first-order valence-electron chi connectivity index (χ1n) is 4.52. The molecule has 0 bridgehead atoms. The van der Waals surface area contributed by atoms with Crippen LogP contribution in [-0.4, -0.2) is 28.7 Å². The molecule has 3 rings (SSSR count). The normalized spacial score (nSPS) is 11.7. The first-order chi connectivity index (χ1) is 7.61. The first-order valence-corrected chi connectivity index (χ1v) is 4.89. The molecular formula is C8H7ClN6O. The summed E-state index contributed by atoms with van der Waals surface area (Å²) in [6, 6.07) is 0. The van der Waals surface area contributed by atoms with E-state index in [1.165, 1.54) is 20.0 Å². The van der Waals surface area contributed by atoms with Gasteiger partial charge in [-0.1, -0.05) is 11.6 Å². The predicted octanol–water partition coefficient (Wildman–Crippen LogP) is -0.0319. The van der Waals surface area contributed by atoms with Gasteiger partial charge < -0.3 is 0 Å². The van der Waals surface area contributed by atoms with Crippen LogP contribution in [0.4, 0.5) is 0 Å². The van der Waals surface area contributed by atoms with E-state index in [4.69, 9.17) is 11.6 Å². The van der Waals surface area contributed by atoms with Crippen LogP contribution in [0.1, 0.15) is 0 Å². The van der Waals surface area contributed by atoms with E-state index < -0.39 is 0 Å². The Labute approximate surface area is 93.9 Å². The van der Waals surface area contributed by atoms with Crippen LogP contribution in [0.2, 0.25) is 5.15 Å². The zero-order chi connectivity index (χ0) is 11.4. The maximum atomic E-state index is 11.8. The predicted molar refractivity (Wildman–Crippen MR) is 57.5 cm³/mol. The Bertz CT molecular complexity index is 766. The highest BCUT2D eigenvalue weighted by Crippen LogP contribution is 2.19. The number of hydrogen-bond donors (Lipinski definition) is 0. The zero-order valence-corrected chi connectivity index (χ0v) is 9.30. The minimum atomic E-state index is -0.179. The Morgan fingerprint density at radius 2 is 2.06 bits per heavy atom. The fraction of sp³-hybridized carbons (Fsp3) is 0.250. The third-order valence-electron chi connectivity index (χ3n) is 2.56. The van der Waals surface area contributed by atoms with E-state index in [2.05, 4.69) is 15.1 Å². The lowest BCUT2D eigenvalue weighted by molar-refractivity contribution is 0.783. The molecule has 0 radical (unpaired) electrons. The van der Waals surface area contributed by atoms with E-state index in [1.807, 2.05) is 0 Å². The second-order valence-corrected chi connectivity index (χ2v) is 3.81. The number of halogens is 1. The fourth-order valence-corrected chi connectivity index (χ4v) is 2.08. The number of aromatic nitrogens is 6. The van der Waals surface area contributed by atoms with Crippen molar-refractivity contribution in [3.05, 3.63) is 22.0 Å². The molecule has 7 nitrogen and oxygen atoms in total. The monoisotopic (exact) mass is 238 g/mol. The fourth-order valence-electron chi connectivity index (χ4n) is 1.79. The average molecular weight is 239 g/mol. The highest BCUT2D eigenvalue weighted by atomic mass is 35.5. The van der Waals surface area contributed by atoms with E-state index in [-0.39, 0.29) is 10.8 Å². The zero-order valence-electron chi connectivity index (χ0n) is 8.55. The number of rotatable bonds is 0. The van der Waals surface area contributed by atoms with Crippen LogP contribution in [0.15, 0.2) is 11.1 Å². The second kappa shape index (κ2) is 2.82. The van der Waals surface area contributed by atoms with E-state index in [9.17, 15) is 4.79 Å². The Balaban J connectivity index is 2.78. The molecule has 0 spiro atoms. The van der Waals surface area contributed by atoms with Crippen LogP contribution < -0.4 is 5.69 Å². The quantitative estimate of drug-likeness (QED) is 0.516. The van der Waals surface area contributed by atoms with E-state index in [1.54, 1.807) is 14.1 Å². The van der Waals surface area contributed by atoms with Crippen molar-refractivity contribution in [3.8, 4) is 0 Å². The summed E-state index contributed by atoms with van der Waals surface area (Å²) in [6.07, 6.45) is 1.37. The molecule has 8 heteroatoms. The molecule has 3 heterocycles. The first kappa shape index (κ1) is 9.34. The van der Waals surface area contributed by atoms with Crippen LogP contribution >= 0.6 is 11.6 Å². The van der Waals surface area contributed by atoms with E-state index in [0.29, 0.717) is 16.9 Å². The number of imidazole rings is 1. The summed E-state index contributed by atoms with van der Waals surface area (Å²) in [5, 5.41) is 4.26. The maximum absolute atomic E-state index is 11.8. The van der Waals surface area contributed by atoms with Gasteiger partial charge in [-0.2, -0.15) is 19.6 Å². The highest BCUT2D eigenvalue weighted by Gasteiger charge is 2.16. The molecule has 0 amide bonds. The summed E-state index contributed by atoms with van der Waals surface area (Å²) in [5.41, 5.74) is 0.953. The van der Waals surface area contributed by atoms with Crippen molar-refractivity contribution in [2.75, 3.05) is 0 Å². The lowest BCUT2D eigenvalue weighted by atomic mass is 10.5. The van der Waals surface area contributed by atoms with Crippen LogP contribution in [0, 0.1) is 0 Å². The molecule has 0 N–H and O–H groups in total. The topological polar surface area (TPSA) is 70.0 Å². The lowest BCUT2D eigenvalue weighted by Crippen LogP contribution is -2.19. The van der Waals surface area contributed by atoms with Gasteiger partial charge in [-0.3, -0.25) is 9.13 Å². The van der Waals surface area contributed by atoms with Gasteiger partial charge in [0.15, 0.2) is 10.8 Å². The smallest absolute Gasteiger partial charge is 0.291 e. The maximum Gasteiger partial charge on any atom is 0.329 e. The SMILES string of the molecule is Cn1c(=O)n(C)c2c1c(Cl)nc1ncnn12. The number of hydrogen-bond acceptors (Lipinski definition) is 4. The van der Waals surface area contributed by atoms with Crippen molar-refractivity contribution in [1.29, 1.82) is 0 Å². The molecule has 0 aliphatic carbocycles. The van der Waals surface area contributed by atoms with Crippen molar-refractivity contribution in [1.82, 2.24) is 28.7 Å². The molecule has 0 atom stereocenters. The van der Waals surface area contributed by atoms with Gasteiger partial charge in [0.05, 0.1) is 0 Å². The Hall–Kier alpha value is -1.89.